The van der Waals surface area contributed by atoms with Gasteiger partial charge in [-0.3, -0.25) is 0 Å². The number of aromatic nitrogens is 4. The summed E-state index contributed by atoms with van der Waals surface area (Å²) in [5.41, 5.74) is -0.828. The quantitative estimate of drug-likeness (QED) is 0.575. The summed E-state index contributed by atoms with van der Waals surface area (Å²) in [4.78, 5) is 7.72. The Morgan fingerprint density at radius 3 is 2.24 bits per heavy atom. The molecule has 0 saturated carbocycles. The fourth-order valence-corrected chi connectivity index (χ4v) is 2.73. The highest BCUT2D eigenvalue weighted by molar-refractivity contribution is 9.10. The maximum atomic E-state index is 13.9. The van der Waals surface area contributed by atoms with E-state index >= 15 is 0 Å². The molecule has 0 amide bonds. The highest BCUT2D eigenvalue weighted by Crippen LogP contribution is 2.37. The molecule has 1 aromatic carbocycles. The van der Waals surface area contributed by atoms with Crippen LogP contribution in [0.15, 0.2) is 16.9 Å². The molecule has 108 valence electrons. The molecule has 0 aliphatic carbocycles. The van der Waals surface area contributed by atoms with Crippen molar-refractivity contribution in [3.05, 3.63) is 44.6 Å². The second-order valence-corrected chi connectivity index (χ2v) is 5.33. The van der Waals surface area contributed by atoms with Crippen molar-refractivity contribution < 1.29 is 13.2 Å². The van der Waals surface area contributed by atoms with Gasteiger partial charge in [0, 0.05) is 12.1 Å². The Balaban J connectivity index is 2.40. The summed E-state index contributed by atoms with van der Waals surface area (Å²) in [5, 5.41) is 3.38. The Hall–Kier alpha value is -1.38. The molecular formula is C11H2BrCl2F3N4. The summed E-state index contributed by atoms with van der Waals surface area (Å²) in [5.74, 6) is -3.32. The Kier molecular flexibility index (Phi) is 3.54. The molecule has 0 aliphatic rings. The van der Waals surface area contributed by atoms with Crippen molar-refractivity contribution in [2.75, 3.05) is 0 Å². The molecule has 2 aromatic heterocycles. The van der Waals surface area contributed by atoms with Gasteiger partial charge in [-0.1, -0.05) is 23.2 Å². The van der Waals surface area contributed by atoms with Crippen molar-refractivity contribution in [3.63, 3.8) is 0 Å². The topological polar surface area (TPSA) is 43.1 Å². The van der Waals surface area contributed by atoms with Crippen LogP contribution < -0.4 is 0 Å². The summed E-state index contributed by atoms with van der Waals surface area (Å²) in [6.07, 6.45) is 0. The van der Waals surface area contributed by atoms with Crippen LogP contribution in [-0.4, -0.2) is 19.6 Å². The van der Waals surface area contributed by atoms with Crippen LogP contribution in [0.3, 0.4) is 0 Å². The lowest BCUT2D eigenvalue weighted by Crippen LogP contribution is -2.01. The van der Waals surface area contributed by atoms with Crippen LogP contribution in [-0.2, 0) is 0 Å². The molecule has 21 heavy (non-hydrogen) atoms. The first-order valence-corrected chi connectivity index (χ1v) is 6.85. The van der Waals surface area contributed by atoms with E-state index in [0.717, 1.165) is 4.52 Å². The van der Waals surface area contributed by atoms with Gasteiger partial charge in [-0.15, -0.1) is 5.10 Å². The lowest BCUT2D eigenvalue weighted by atomic mass is 10.1. The summed E-state index contributed by atoms with van der Waals surface area (Å²) >= 11 is 15.0. The van der Waals surface area contributed by atoms with Crippen LogP contribution in [0.1, 0.15) is 0 Å². The van der Waals surface area contributed by atoms with E-state index in [2.05, 4.69) is 31.0 Å². The molecule has 10 heteroatoms. The predicted molar refractivity (Wildman–Crippen MR) is 73.8 cm³/mol. The molecule has 0 aliphatic heterocycles. The molecule has 2 heterocycles. The molecule has 0 spiro atoms. The van der Waals surface area contributed by atoms with Gasteiger partial charge in [0.1, 0.15) is 27.8 Å². The Bertz CT molecular complexity index is 861. The smallest absolute Gasteiger partial charge is 0.207 e. The largest absolute Gasteiger partial charge is 0.256 e. The van der Waals surface area contributed by atoms with E-state index < -0.39 is 23.0 Å². The number of benzene rings is 1. The van der Waals surface area contributed by atoms with E-state index in [1.165, 1.54) is 0 Å². The maximum absolute atomic E-state index is 13.9. The van der Waals surface area contributed by atoms with Crippen LogP contribution >= 0.6 is 39.1 Å². The van der Waals surface area contributed by atoms with Gasteiger partial charge >= 0.3 is 0 Å². The molecule has 3 aromatic rings. The van der Waals surface area contributed by atoms with Crippen LogP contribution in [0.25, 0.3) is 16.9 Å². The van der Waals surface area contributed by atoms with Crippen LogP contribution in [0.4, 0.5) is 13.2 Å². The van der Waals surface area contributed by atoms with E-state index in [-0.39, 0.29) is 26.4 Å². The minimum atomic E-state index is -1.16. The molecule has 4 nitrogen and oxygen atoms in total. The Labute approximate surface area is 133 Å². The second kappa shape index (κ2) is 5.11. The van der Waals surface area contributed by atoms with Gasteiger partial charge in [0.25, 0.3) is 5.78 Å². The maximum Gasteiger partial charge on any atom is 0.256 e. The third-order valence-electron chi connectivity index (χ3n) is 2.62. The first kappa shape index (κ1) is 14.6. The normalized spacial score (nSPS) is 11.3. The Morgan fingerprint density at radius 1 is 1.00 bits per heavy atom. The van der Waals surface area contributed by atoms with Crippen molar-refractivity contribution in [1.82, 2.24) is 19.6 Å². The monoisotopic (exact) mass is 396 g/mol. The molecule has 0 bridgehead atoms. The fraction of sp³-hybridized carbons (Fsp3) is 0. The third-order valence-corrected chi connectivity index (χ3v) is 3.58. The number of fused-ring (bicyclic) bond motifs is 1. The zero-order chi connectivity index (χ0) is 15.3. The average Bonchev–Trinajstić information content (AvgIpc) is 2.73. The number of hydrogen-bond donors (Lipinski definition) is 0. The number of nitrogens with zero attached hydrogens (tertiary/aromatic N) is 4. The molecule has 3 rings (SSSR count). The lowest BCUT2D eigenvalue weighted by Gasteiger charge is -2.09. The standard InChI is InChI=1S/C11H2BrCl2F3N4/c12-10-19-11-18-8(13)7(9(14)21(11)20-10)6-4(16)1-3(15)2-5(6)17/h1-2H. The third kappa shape index (κ3) is 2.37. The number of hydrogen-bond acceptors (Lipinski definition) is 3. The SMILES string of the molecule is Fc1cc(F)c(-c2c(Cl)nc3nc(Br)nn3c2Cl)c(F)c1. The van der Waals surface area contributed by atoms with E-state index in [9.17, 15) is 13.2 Å². The van der Waals surface area contributed by atoms with Crippen LogP contribution in [0.2, 0.25) is 10.3 Å². The van der Waals surface area contributed by atoms with E-state index in [1.54, 1.807) is 0 Å². The van der Waals surface area contributed by atoms with Gasteiger partial charge in [0.05, 0.1) is 11.1 Å². The molecule has 0 atom stereocenters. The van der Waals surface area contributed by atoms with Crippen molar-refractivity contribution in [3.8, 4) is 11.1 Å². The fourth-order valence-electron chi connectivity index (χ4n) is 1.81. The zero-order valence-electron chi connectivity index (χ0n) is 9.71. The van der Waals surface area contributed by atoms with Crippen molar-refractivity contribution in [2.24, 2.45) is 0 Å². The highest BCUT2D eigenvalue weighted by atomic mass is 79.9. The zero-order valence-corrected chi connectivity index (χ0v) is 12.8. The predicted octanol–water partition coefficient (Wildman–Crippen LogP) is 4.28. The lowest BCUT2D eigenvalue weighted by molar-refractivity contribution is 0.548. The van der Waals surface area contributed by atoms with Gasteiger partial charge in [0.2, 0.25) is 4.73 Å². The average molecular weight is 398 g/mol. The van der Waals surface area contributed by atoms with Crippen LogP contribution in [0, 0.1) is 17.5 Å². The van der Waals surface area contributed by atoms with Crippen molar-refractivity contribution >= 4 is 44.9 Å². The van der Waals surface area contributed by atoms with Gasteiger partial charge in [-0.2, -0.15) is 14.5 Å². The number of rotatable bonds is 1. The molecule has 0 radical (unpaired) electrons. The van der Waals surface area contributed by atoms with Gasteiger partial charge in [0.15, 0.2) is 0 Å². The molecule has 0 fully saturated rings. The van der Waals surface area contributed by atoms with Gasteiger partial charge in [-0.05, 0) is 15.9 Å². The Morgan fingerprint density at radius 2 is 1.62 bits per heavy atom. The summed E-state index contributed by atoms with van der Waals surface area (Å²) in [7, 11) is 0. The molecule has 0 N–H and O–H groups in total. The van der Waals surface area contributed by atoms with Crippen molar-refractivity contribution in [1.29, 1.82) is 0 Å². The van der Waals surface area contributed by atoms with E-state index in [4.69, 9.17) is 23.2 Å². The first-order valence-electron chi connectivity index (χ1n) is 5.30. The summed E-state index contributed by atoms with van der Waals surface area (Å²) in [6.45, 7) is 0. The second-order valence-electron chi connectivity index (χ2n) is 3.91. The molecule has 0 saturated heterocycles. The van der Waals surface area contributed by atoms with Crippen LogP contribution in [0.5, 0.6) is 0 Å². The van der Waals surface area contributed by atoms with Gasteiger partial charge in [-0.25, -0.2) is 13.2 Å². The summed E-state index contributed by atoms with van der Waals surface area (Å²) in [6, 6.07) is 1.04. The first-order chi connectivity index (χ1) is 9.88. The van der Waals surface area contributed by atoms with E-state index in [1.807, 2.05) is 0 Å². The van der Waals surface area contributed by atoms with Crippen molar-refractivity contribution in [2.45, 2.75) is 0 Å². The number of halogens is 6. The molecule has 0 unspecified atom stereocenters. The minimum absolute atomic E-state index is 0.0450. The minimum Gasteiger partial charge on any atom is -0.207 e. The van der Waals surface area contributed by atoms with E-state index in [0.29, 0.717) is 12.1 Å². The summed E-state index contributed by atoms with van der Waals surface area (Å²) < 4.78 is 42.0. The van der Waals surface area contributed by atoms with Gasteiger partial charge < -0.3 is 0 Å². The molecular weight excluding hydrogens is 396 g/mol. The highest BCUT2D eigenvalue weighted by Gasteiger charge is 2.23.